The average molecular weight is 487 g/mol. The Kier molecular flexibility index (Phi) is 6.21. The van der Waals surface area contributed by atoms with Gasteiger partial charge in [-0.15, -0.1) is 0 Å². The molecule has 5 rings (SSSR count). The molecular weight excluding hydrogens is 460 g/mol. The SMILES string of the molecule is O=[N+]([O-])c1ccc(N2CCN(Cc3cn4ccccc4n3)CC2)c(S(=O)(=O)N2CCOCC2)c1. The van der Waals surface area contributed by atoms with Crippen molar-refractivity contribution in [3.8, 4) is 0 Å². The lowest BCUT2D eigenvalue weighted by atomic mass is 10.2. The van der Waals surface area contributed by atoms with Crippen molar-refractivity contribution in [2.75, 3.05) is 57.4 Å². The van der Waals surface area contributed by atoms with Crippen molar-refractivity contribution in [1.29, 1.82) is 0 Å². The number of sulfonamides is 1. The van der Waals surface area contributed by atoms with Crippen molar-refractivity contribution in [2.45, 2.75) is 11.4 Å². The highest BCUT2D eigenvalue weighted by Gasteiger charge is 2.32. The summed E-state index contributed by atoms with van der Waals surface area (Å²) in [7, 11) is -3.89. The third-order valence-corrected chi connectivity index (χ3v) is 8.18. The van der Waals surface area contributed by atoms with Gasteiger partial charge >= 0.3 is 0 Å². The van der Waals surface area contributed by atoms with Crippen LogP contribution in [-0.4, -0.2) is 84.4 Å². The van der Waals surface area contributed by atoms with Crippen LogP contribution in [-0.2, 0) is 21.3 Å². The number of pyridine rings is 1. The molecule has 0 amide bonds. The summed E-state index contributed by atoms with van der Waals surface area (Å²) >= 11 is 0. The van der Waals surface area contributed by atoms with Gasteiger partial charge in [0.2, 0.25) is 10.0 Å². The number of benzene rings is 1. The standard InChI is InChI=1S/C22H26N6O5S/c29-28(30)19-4-5-20(21(15-19)34(31,32)27-11-13-33-14-12-27)25-9-7-24(8-10-25)16-18-17-26-6-2-1-3-22(26)23-18/h1-6,15,17H,7-14,16H2. The van der Waals surface area contributed by atoms with Crippen molar-refractivity contribution in [2.24, 2.45) is 0 Å². The summed E-state index contributed by atoms with van der Waals surface area (Å²) in [4.78, 5) is 19.7. The molecule has 0 saturated carbocycles. The number of nitrogens with zero attached hydrogens (tertiary/aromatic N) is 6. The summed E-state index contributed by atoms with van der Waals surface area (Å²) in [6.07, 6.45) is 3.99. The number of hydrogen-bond donors (Lipinski definition) is 0. The fraction of sp³-hybridized carbons (Fsp3) is 0.409. The summed E-state index contributed by atoms with van der Waals surface area (Å²) in [5, 5.41) is 11.4. The Morgan fingerprint density at radius 1 is 1.03 bits per heavy atom. The number of morpholine rings is 1. The van der Waals surface area contributed by atoms with E-state index in [9.17, 15) is 18.5 Å². The lowest BCUT2D eigenvalue weighted by Crippen LogP contribution is -2.47. The predicted molar refractivity (Wildman–Crippen MR) is 125 cm³/mol. The smallest absolute Gasteiger partial charge is 0.270 e. The lowest BCUT2D eigenvalue weighted by Gasteiger charge is -2.37. The highest BCUT2D eigenvalue weighted by Crippen LogP contribution is 2.32. The van der Waals surface area contributed by atoms with E-state index >= 15 is 0 Å². The second-order valence-corrected chi connectivity index (χ2v) is 10.3. The Labute approximate surface area is 197 Å². The van der Waals surface area contributed by atoms with E-state index in [1.165, 1.54) is 16.4 Å². The normalized spacial score (nSPS) is 18.4. The molecule has 2 aromatic heterocycles. The summed E-state index contributed by atoms with van der Waals surface area (Å²) < 4.78 is 35.5. The van der Waals surface area contributed by atoms with Gasteiger partial charge in [0.15, 0.2) is 0 Å². The molecule has 3 aromatic rings. The van der Waals surface area contributed by atoms with E-state index in [4.69, 9.17) is 4.74 Å². The second-order valence-electron chi connectivity index (χ2n) is 8.39. The first-order valence-corrected chi connectivity index (χ1v) is 12.6. The van der Waals surface area contributed by atoms with Gasteiger partial charge in [-0.3, -0.25) is 15.0 Å². The third-order valence-electron chi connectivity index (χ3n) is 6.25. The minimum Gasteiger partial charge on any atom is -0.379 e. The Hall–Kier alpha value is -3.06. The Bertz CT molecular complexity index is 1260. The van der Waals surface area contributed by atoms with Gasteiger partial charge in [0.25, 0.3) is 5.69 Å². The molecule has 12 heteroatoms. The minimum atomic E-state index is -3.89. The van der Waals surface area contributed by atoms with Crippen LogP contribution < -0.4 is 4.90 Å². The topological polar surface area (TPSA) is 114 Å². The predicted octanol–water partition coefficient (Wildman–Crippen LogP) is 1.59. The molecule has 0 unspecified atom stereocenters. The van der Waals surface area contributed by atoms with Crippen LogP contribution in [0.15, 0.2) is 53.7 Å². The van der Waals surface area contributed by atoms with Gasteiger partial charge in [0.05, 0.1) is 29.5 Å². The molecule has 2 aliphatic rings. The zero-order chi connectivity index (χ0) is 23.7. The Morgan fingerprint density at radius 2 is 1.79 bits per heavy atom. The zero-order valence-corrected chi connectivity index (χ0v) is 19.4. The van der Waals surface area contributed by atoms with Gasteiger partial charge in [-0.05, 0) is 18.2 Å². The number of non-ortho nitro benzene ring substituents is 1. The fourth-order valence-corrected chi connectivity index (χ4v) is 6.09. The number of rotatable bonds is 6. The highest BCUT2D eigenvalue weighted by molar-refractivity contribution is 7.89. The van der Waals surface area contributed by atoms with Crippen molar-refractivity contribution < 1.29 is 18.1 Å². The summed E-state index contributed by atoms with van der Waals surface area (Å²) in [6.45, 7) is 4.46. The lowest BCUT2D eigenvalue weighted by molar-refractivity contribution is -0.385. The van der Waals surface area contributed by atoms with E-state index in [2.05, 4.69) is 9.88 Å². The average Bonchev–Trinajstić information content (AvgIpc) is 3.27. The molecule has 0 atom stereocenters. The molecule has 180 valence electrons. The second kappa shape index (κ2) is 9.29. The van der Waals surface area contributed by atoms with Crippen LogP contribution in [0.2, 0.25) is 0 Å². The Balaban J connectivity index is 1.35. The Morgan fingerprint density at radius 3 is 2.50 bits per heavy atom. The van der Waals surface area contributed by atoms with Gasteiger partial charge in [0.1, 0.15) is 10.5 Å². The number of nitro groups is 1. The number of hydrogen-bond acceptors (Lipinski definition) is 8. The van der Waals surface area contributed by atoms with Crippen LogP contribution in [0.4, 0.5) is 11.4 Å². The number of ether oxygens (including phenoxy) is 1. The molecule has 4 heterocycles. The van der Waals surface area contributed by atoms with Crippen molar-refractivity contribution in [3.63, 3.8) is 0 Å². The fourth-order valence-electron chi connectivity index (χ4n) is 4.45. The van der Waals surface area contributed by atoms with Crippen LogP contribution in [0.3, 0.4) is 0 Å². The summed E-state index contributed by atoms with van der Waals surface area (Å²) in [5.41, 5.74) is 2.15. The maximum Gasteiger partial charge on any atom is 0.270 e. The number of piperazine rings is 1. The van der Waals surface area contributed by atoms with Crippen LogP contribution >= 0.6 is 0 Å². The third kappa shape index (κ3) is 4.49. The van der Waals surface area contributed by atoms with Gasteiger partial charge in [0, 0.05) is 70.3 Å². The van der Waals surface area contributed by atoms with E-state index in [1.54, 1.807) is 6.07 Å². The molecule has 2 fully saturated rings. The van der Waals surface area contributed by atoms with Crippen molar-refractivity contribution >= 4 is 27.0 Å². The van der Waals surface area contributed by atoms with Crippen LogP contribution in [0, 0.1) is 10.1 Å². The van der Waals surface area contributed by atoms with E-state index in [1.807, 2.05) is 39.9 Å². The quantitative estimate of drug-likeness (QED) is 0.381. The van der Waals surface area contributed by atoms with Crippen LogP contribution in [0.1, 0.15) is 5.69 Å². The highest BCUT2D eigenvalue weighted by atomic mass is 32.2. The first kappa shape index (κ1) is 22.7. The number of nitro benzene ring substituents is 1. The molecule has 11 nitrogen and oxygen atoms in total. The van der Waals surface area contributed by atoms with Crippen LogP contribution in [0.25, 0.3) is 5.65 Å². The van der Waals surface area contributed by atoms with Gasteiger partial charge in [-0.2, -0.15) is 4.31 Å². The largest absolute Gasteiger partial charge is 0.379 e. The van der Waals surface area contributed by atoms with E-state index in [-0.39, 0.29) is 23.7 Å². The number of anilines is 1. The molecule has 0 aliphatic carbocycles. The van der Waals surface area contributed by atoms with Gasteiger partial charge in [-0.1, -0.05) is 6.07 Å². The molecular formula is C22H26N6O5S. The number of aromatic nitrogens is 2. The summed E-state index contributed by atoms with van der Waals surface area (Å²) in [5.74, 6) is 0. The van der Waals surface area contributed by atoms with Crippen molar-refractivity contribution in [1.82, 2.24) is 18.6 Å². The maximum absolute atomic E-state index is 13.4. The first-order chi connectivity index (χ1) is 16.4. The van der Waals surface area contributed by atoms with E-state index in [0.29, 0.717) is 38.5 Å². The first-order valence-electron chi connectivity index (χ1n) is 11.2. The molecule has 0 radical (unpaired) electrons. The van der Waals surface area contributed by atoms with Gasteiger partial charge in [-0.25, -0.2) is 13.4 Å². The molecule has 34 heavy (non-hydrogen) atoms. The zero-order valence-electron chi connectivity index (χ0n) is 18.6. The van der Waals surface area contributed by atoms with E-state index < -0.39 is 14.9 Å². The van der Waals surface area contributed by atoms with Crippen molar-refractivity contribution in [3.05, 3.63) is 64.6 Å². The van der Waals surface area contributed by atoms with Gasteiger partial charge < -0.3 is 14.0 Å². The summed E-state index contributed by atoms with van der Waals surface area (Å²) in [6, 6.07) is 10.00. The molecule has 0 bridgehead atoms. The van der Waals surface area contributed by atoms with Crippen LogP contribution in [0.5, 0.6) is 0 Å². The molecule has 2 aliphatic heterocycles. The minimum absolute atomic E-state index is 0.0163. The molecule has 2 saturated heterocycles. The maximum atomic E-state index is 13.4. The monoisotopic (exact) mass is 486 g/mol. The molecule has 0 spiro atoms. The number of fused-ring (bicyclic) bond motifs is 1. The van der Waals surface area contributed by atoms with E-state index in [0.717, 1.165) is 24.4 Å². The molecule has 0 N–H and O–H groups in total. The number of imidazole rings is 1. The molecule has 1 aromatic carbocycles.